The first-order chi connectivity index (χ1) is 12.1. The highest BCUT2D eigenvalue weighted by Crippen LogP contribution is 2.25. The van der Waals surface area contributed by atoms with Crippen LogP contribution in [0, 0.1) is 13.8 Å². The summed E-state index contributed by atoms with van der Waals surface area (Å²) in [5.41, 5.74) is 3.67. The van der Waals surface area contributed by atoms with E-state index in [2.05, 4.69) is 20.6 Å². The summed E-state index contributed by atoms with van der Waals surface area (Å²) in [5, 5.41) is 6.71. The molecule has 0 aliphatic heterocycles. The molecule has 6 nitrogen and oxygen atoms in total. The van der Waals surface area contributed by atoms with Crippen LogP contribution in [0.4, 0.5) is 16.5 Å². The maximum Gasteiger partial charge on any atom is 0.267 e. The topological polar surface area (TPSA) is 76.1 Å². The number of hydrogen-bond donors (Lipinski definition) is 2. The van der Waals surface area contributed by atoms with E-state index in [0.29, 0.717) is 15.9 Å². The second-order valence-electron chi connectivity index (χ2n) is 5.46. The van der Waals surface area contributed by atoms with Crippen molar-refractivity contribution in [1.82, 2.24) is 9.97 Å². The third-order valence-electron chi connectivity index (χ3n) is 3.65. The van der Waals surface area contributed by atoms with Crippen molar-refractivity contribution in [2.75, 3.05) is 17.7 Å². The van der Waals surface area contributed by atoms with Gasteiger partial charge in [0.2, 0.25) is 5.88 Å². The summed E-state index contributed by atoms with van der Waals surface area (Å²) in [6.45, 7) is 3.94. The molecule has 0 bridgehead atoms. The number of benzene rings is 1. The molecule has 25 heavy (non-hydrogen) atoms. The number of carbonyl (C=O) groups excluding carboxylic acids is 1. The highest BCUT2D eigenvalue weighted by Gasteiger charge is 2.13. The summed E-state index contributed by atoms with van der Waals surface area (Å²) >= 11 is 1.28. The van der Waals surface area contributed by atoms with Gasteiger partial charge in [-0.1, -0.05) is 29.5 Å². The molecule has 3 aromatic rings. The number of pyridine rings is 1. The molecule has 0 fully saturated rings. The summed E-state index contributed by atoms with van der Waals surface area (Å²) in [5.74, 6) is 0.370. The molecule has 0 saturated carbocycles. The highest BCUT2D eigenvalue weighted by atomic mass is 32.1. The monoisotopic (exact) mass is 354 g/mol. The maximum atomic E-state index is 12.5. The van der Waals surface area contributed by atoms with Crippen LogP contribution in [0.15, 0.2) is 42.7 Å². The van der Waals surface area contributed by atoms with E-state index in [0.717, 1.165) is 22.5 Å². The van der Waals surface area contributed by atoms with Crippen LogP contribution < -0.4 is 15.4 Å². The van der Waals surface area contributed by atoms with Gasteiger partial charge < -0.3 is 15.4 Å². The lowest BCUT2D eigenvalue weighted by Crippen LogP contribution is -2.12. The van der Waals surface area contributed by atoms with Gasteiger partial charge in [0, 0.05) is 11.8 Å². The normalized spacial score (nSPS) is 10.4. The minimum atomic E-state index is -0.171. The Hall–Kier alpha value is -2.93. The molecule has 0 spiro atoms. The van der Waals surface area contributed by atoms with Gasteiger partial charge >= 0.3 is 0 Å². The molecule has 0 atom stereocenters. The molecule has 0 aliphatic carbocycles. The SMILES string of the molecule is COc1ccc(Nc2ncc(C(=O)Nc3c(C)cccc3C)s2)cn1. The molecule has 2 aromatic heterocycles. The van der Waals surface area contributed by atoms with E-state index in [-0.39, 0.29) is 5.91 Å². The number of ether oxygens (including phenoxy) is 1. The van der Waals surface area contributed by atoms with E-state index in [9.17, 15) is 4.79 Å². The number of rotatable bonds is 5. The van der Waals surface area contributed by atoms with Crippen molar-refractivity contribution in [2.24, 2.45) is 0 Å². The fourth-order valence-electron chi connectivity index (χ4n) is 2.32. The lowest BCUT2D eigenvalue weighted by Gasteiger charge is -2.10. The van der Waals surface area contributed by atoms with Gasteiger partial charge in [-0.25, -0.2) is 9.97 Å². The van der Waals surface area contributed by atoms with E-state index in [1.54, 1.807) is 25.6 Å². The van der Waals surface area contributed by atoms with E-state index >= 15 is 0 Å². The Bertz CT molecular complexity index is 870. The van der Waals surface area contributed by atoms with Crippen LogP contribution >= 0.6 is 11.3 Å². The Balaban J connectivity index is 1.71. The van der Waals surface area contributed by atoms with E-state index in [1.807, 2.05) is 38.1 Å². The number of para-hydroxylation sites is 1. The molecule has 128 valence electrons. The maximum absolute atomic E-state index is 12.5. The Kier molecular flexibility index (Phi) is 4.95. The number of nitrogens with zero attached hydrogens (tertiary/aromatic N) is 2. The number of nitrogens with one attached hydrogen (secondary N) is 2. The molecule has 2 heterocycles. The number of anilines is 3. The molecular weight excluding hydrogens is 336 g/mol. The van der Waals surface area contributed by atoms with E-state index < -0.39 is 0 Å². The number of aryl methyl sites for hydroxylation is 2. The van der Waals surface area contributed by atoms with Crippen LogP contribution in [-0.4, -0.2) is 23.0 Å². The summed E-state index contributed by atoms with van der Waals surface area (Å²) < 4.78 is 5.03. The van der Waals surface area contributed by atoms with Gasteiger partial charge in [-0.15, -0.1) is 0 Å². The van der Waals surface area contributed by atoms with Crippen molar-refractivity contribution >= 4 is 33.8 Å². The van der Waals surface area contributed by atoms with Crippen LogP contribution in [-0.2, 0) is 0 Å². The number of aromatic nitrogens is 2. The van der Waals surface area contributed by atoms with Crippen LogP contribution in [0.5, 0.6) is 5.88 Å². The van der Waals surface area contributed by atoms with Crippen molar-refractivity contribution < 1.29 is 9.53 Å². The number of carbonyl (C=O) groups is 1. The van der Waals surface area contributed by atoms with Crippen molar-refractivity contribution in [3.8, 4) is 5.88 Å². The van der Waals surface area contributed by atoms with E-state index in [1.165, 1.54) is 11.3 Å². The minimum absolute atomic E-state index is 0.171. The van der Waals surface area contributed by atoms with E-state index in [4.69, 9.17) is 4.74 Å². The lowest BCUT2D eigenvalue weighted by molar-refractivity contribution is 0.103. The van der Waals surface area contributed by atoms with Gasteiger partial charge in [0.1, 0.15) is 4.88 Å². The molecule has 7 heteroatoms. The molecule has 3 rings (SSSR count). The Morgan fingerprint density at radius 2 is 1.84 bits per heavy atom. The van der Waals surface area contributed by atoms with Crippen LogP contribution in [0.25, 0.3) is 0 Å². The zero-order chi connectivity index (χ0) is 17.8. The molecule has 2 N–H and O–H groups in total. The Labute approximate surface area is 149 Å². The van der Waals surface area contributed by atoms with Gasteiger partial charge in [0.15, 0.2) is 5.13 Å². The molecule has 0 radical (unpaired) electrons. The first-order valence-electron chi connectivity index (χ1n) is 7.67. The zero-order valence-electron chi connectivity index (χ0n) is 14.2. The average Bonchev–Trinajstić information content (AvgIpc) is 3.07. The number of methoxy groups -OCH3 is 1. The Morgan fingerprint density at radius 3 is 2.48 bits per heavy atom. The molecule has 0 unspecified atom stereocenters. The summed E-state index contributed by atoms with van der Waals surface area (Å²) in [4.78, 5) is 21.4. The van der Waals surface area contributed by atoms with Gasteiger partial charge in [0.05, 0.1) is 25.2 Å². The third kappa shape index (κ3) is 3.95. The first-order valence-corrected chi connectivity index (χ1v) is 8.49. The molecule has 0 saturated heterocycles. The summed E-state index contributed by atoms with van der Waals surface area (Å²) in [6, 6.07) is 9.50. The van der Waals surface area contributed by atoms with Crippen molar-refractivity contribution in [1.29, 1.82) is 0 Å². The fraction of sp³-hybridized carbons (Fsp3) is 0.167. The quantitative estimate of drug-likeness (QED) is 0.719. The largest absolute Gasteiger partial charge is 0.481 e. The minimum Gasteiger partial charge on any atom is -0.481 e. The lowest BCUT2D eigenvalue weighted by atomic mass is 10.1. The Morgan fingerprint density at radius 1 is 1.08 bits per heavy atom. The smallest absolute Gasteiger partial charge is 0.267 e. The first kappa shape index (κ1) is 16.9. The zero-order valence-corrected chi connectivity index (χ0v) is 15.0. The van der Waals surface area contributed by atoms with Crippen LogP contribution in [0.3, 0.4) is 0 Å². The summed E-state index contributed by atoms with van der Waals surface area (Å²) in [6.07, 6.45) is 3.21. The van der Waals surface area contributed by atoms with Gasteiger partial charge in [0.25, 0.3) is 5.91 Å². The second kappa shape index (κ2) is 7.31. The number of hydrogen-bond acceptors (Lipinski definition) is 6. The predicted octanol–water partition coefficient (Wildman–Crippen LogP) is 4.16. The molecule has 0 aliphatic rings. The van der Waals surface area contributed by atoms with Crippen molar-refractivity contribution in [3.05, 3.63) is 58.7 Å². The second-order valence-corrected chi connectivity index (χ2v) is 6.50. The van der Waals surface area contributed by atoms with Crippen LogP contribution in [0.1, 0.15) is 20.8 Å². The van der Waals surface area contributed by atoms with Gasteiger partial charge in [-0.2, -0.15) is 0 Å². The van der Waals surface area contributed by atoms with Crippen LogP contribution in [0.2, 0.25) is 0 Å². The third-order valence-corrected chi connectivity index (χ3v) is 4.56. The van der Waals surface area contributed by atoms with Gasteiger partial charge in [-0.05, 0) is 31.0 Å². The van der Waals surface area contributed by atoms with Gasteiger partial charge in [-0.3, -0.25) is 4.79 Å². The molecule has 1 aromatic carbocycles. The molecule has 1 amide bonds. The highest BCUT2D eigenvalue weighted by molar-refractivity contribution is 7.17. The fourth-order valence-corrected chi connectivity index (χ4v) is 3.05. The van der Waals surface area contributed by atoms with Crippen molar-refractivity contribution in [2.45, 2.75) is 13.8 Å². The number of amides is 1. The predicted molar refractivity (Wildman–Crippen MR) is 100 cm³/mol. The number of thiazole rings is 1. The average molecular weight is 354 g/mol. The standard InChI is InChI=1S/C18H18N4O2S/c1-11-5-4-6-12(2)16(11)22-17(23)14-10-20-18(25-14)21-13-7-8-15(24-3)19-9-13/h4-10H,1-3H3,(H,20,21)(H,22,23). The molecular formula is C18H18N4O2S. The summed E-state index contributed by atoms with van der Waals surface area (Å²) in [7, 11) is 1.57. The van der Waals surface area contributed by atoms with Crippen molar-refractivity contribution in [3.63, 3.8) is 0 Å².